The molecule has 0 atom stereocenters. The van der Waals surface area contributed by atoms with Gasteiger partial charge in [0.1, 0.15) is 0 Å². The minimum atomic E-state index is -5.08. The number of carboxylic acids is 1. The fourth-order valence-electron chi connectivity index (χ4n) is 2.90. The number of nitrogens with one attached hydrogen (secondary N) is 2. The number of anilines is 1. The zero-order valence-electron chi connectivity index (χ0n) is 15.5. The minimum absolute atomic E-state index is 0.0149. The van der Waals surface area contributed by atoms with Gasteiger partial charge < -0.3 is 21.1 Å². The monoisotopic (exact) mass is 418 g/mol. The van der Waals surface area contributed by atoms with Crippen molar-refractivity contribution in [2.45, 2.75) is 12.6 Å². The van der Waals surface area contributed by atoms with Gasteiger partial charge in [0.2, 0.25) is 0 Å². The molecule has 0 saturated carbocycles. The van der Waals surface area contributed by atoms with Gasteiger partial charge in [0.05, 0.1) is 11.3 Å². The Bertz CT molecular complexity index is 1090. The quantitative estimate of drug-likeness (QED) is 0.476. The summed E-state index contributed by atoms with van der Waals surface area (Å²) in [5.74, 6) is -2.77. The number of hydrogen-bond donors (Lipinski definition) is 4. The zero-order valence-corrected chi connectivity index (χ0v) is 15.5. The highest BCUT2D eigenvalue weighted by Gasteiger charge is 2.38. The molecule has 156 valence electrons. The summed E-state index contributed by atoms with van der Waals surface area (Å²) in [7, 11) is 0. The molecule has 1 aliphatic heterocycles. The number of aliphatic carboxylic acids is 1. The van der Waals surface area contributed by atoms with Gasteiger partial charge in [-0.25, -0.2) is 4.79 Å². The summed E-state index contributed by atoms with van der Waals surface area (Å²) < 4.78 is 31.7. The van der Waals surface area contributed by atoms with Crippen molar-refractivity contribution < 1.29 is 27.9 Å². The fraction of sp³-hybridized carbons (Fsp3) is 0.150. The van der Waals surface area contributed by atoms with Crippen molar-refractivity contribution in [1.29, 1.82) is 0 Å². The van der Waals surface area contributed by atoms with Crippen LogP contribution in [0.4, 0.5) is 18.9 Å². The van der Waals surface area contributed by atoms with Gasteiger partial charge in [-0.1, -0.05) is 12.1 Å². The predicted molar refractivity (Wildman–Crippen MR) is 104 cm³/mol. The second-order valence-corrected chi connectivity index (χ2v) is 6.44. The normalized spacial score (nSPS) is 13.0. The van der Waals surface area contributed by atoms with Crippen LogP contribution in [-0.2, 0) is 11.2 Å². The average molecular weight is 418 g/mol. The Morgan fingerprint density at radius 1 is 1.13 bits per heavy atom. The number of alkyl halides is 3. The van der Waals surface area contributed by atoms with Gasteiger partial charge in [-0.3, -0.25) is 9.78 Å². The lowest BCUT2D eigenvalue weighted by atomic mass is 10.1. The van der Waals surface area contributed by atoms with E-state index in [1.807, 2.05) is 42.5 Å². The zero-order chi connectivity index (χ0) is 21.9. The lowest BCUT2D eigenvalue weighted by Gasteiger charge is -2.10. The Morgan fingerprint density at radius 3 is 2.50 bits per heavy atom. The van der Waals surface area contributed by atoms with E-state index in [9.17, 15) is 18.0 Å². The molecule has 1 aromatic carbocycles. The SMILES string of the molecule is Nc1cccc(-c2cc(-c3cc4c([nH]3)CCNC4=O)ccn2)c1.O=C(O)C(F)(F)F. The molecule has 7 nitrogen and oxygen atoms in total. The third-order valence-corrected chi connectivity index (χ3v) is 4.30. The highest BCUT2D eigenvalue weighted by atomic mass is 19.4. The van der Waals surface area contributed by atoms with E-state index in [2.05, 4.69) is 15.3 Å². The second-order valence-electron chi connectivity index (χ2n) is 6.44. The molecular formula is C20H17F3N4O3. The van der Waals surface area contributed by atoms with Crippen molar-refractivity contribution in [2.24, 2.45) is 0 Å². The largest absolute Gasteiger partial charge is 0.490 e. The molecule has 0 radical (unpaired) electrons. The van der Waals surface area contributed by atoms with Crippen molar-refractivity contribution in [3.05, 3.63) is 59.9 Å². The number of benzene rings is 1. The fourth-order valence-corrected chi connectivity index (χ4v) is 2.90. The third-order valence-electron chi connectivity index (χ3n) is 4.30. The Labute approximate surface area is 168 Å². The van der Waals surface area contributed by atoms with Crippen molar-refractivity contribution in [2.75, 3.05) is 12.3 Å². The first-order valence-electron chi connectivity index (χ1n) is 8.77. The van der Waals surface area contributed by atoms with Crippen molar-refractivity contribution in [3.8, 4) is 22.5 Å². The van der Waals surface area contributed by atoms with Gasteiger partial charge in [0.15, 0.2) is 0 Å². The van der Waals surface area contributed by atoms with Gasteiger partial charge in [-0.15, -0.1) is 0 Å². The van der Waals surface area contributed by atoms with Gasteiger partial charge in [-0.2, -0.15) is 13.2 Å². The molecule has 0 unspecified atom stereocenters. The van der Waals surface area contributed by atoms with Crippen LogP contribution in [0.15, 0.2) is 48.7 Å². The molecule has 3 aromatic rings. The number of aromatic nitrogens is 2. The maximum absolute atomic E-state index is 11.9. The summed E-state index contributed by atoms with van der Waals surface area (Å²) in [6.07, 6.45) is -2.48. The summed E-state index contributed by atoms with van der Waals surface area (Å²) in [5.41, 5.74) is 12.0. The van der Waals surface area contributed by atoms with Gasteiger partial charge in [-0.05, 0) is 30.3 Å². The van der Waals surface area contributed by atoms with Gasteiger partial charge in [0, 0.05) is 47.4 Å². The highest BCUT2D eigenvalue weighted by molar-refractivity contribution is 5.97. The van der Waals surface area contributed by atoms with Crippen LogP contribution in [0.1, 0.15) is 16.1 Å². The summed E-state index contributed by atoms with van der Waals surface area (Å²) >= 11 is 0. The number of nitrogen functional groups attached to an aromatic ring is 1. The van der Waals surface area contributed by atoms with E-state index in [4.69, 9.17) is 15.6 Å². The molecule has 5 N–H and O–H groups in total. The van der Waals surface area contributed by atoms with Crippen LogP contribution in [0, 0.1) is 0 Å². The van der Waals surface area contributed by atoms with Crippen LogP contribution in [0.25, 0.3) is 22.5 Å². The van der Waals surface area contributed by atoms with E-state index in [0.717, 1.165) is 40.2 Å². The first kappa shape index (κ1) is 20.9. The number of carbonyl (C=O) groups excluding carboxylic acids is 1. The molecule has 10 heteroatoms. The molecule has 1 aliphatic rings. The van der Waals surface area contributed by atoms with E-state index in [0.29, 0.717) is 12.2 Å². The average Bonchev–Trinajstić information content (AvgIpc) is 3.14. The molecular weight excluding hydrogens is 401 g/mol. The lowest BCUT2D eigenvalue weighted by molar-refractivity contribution is -0.192. The number of carboxylic acid groups (broad SMARTS) is 1. The van der Waals surface area contributed by atoms with Crippen molar-refractivity contribution in [1.82, 2.24) is 15.3 Å². The number of fused-ring (bicyclic) bond motifs is 1. The van der Waals surface area contributed by atoms with E-state index >= 15 is 0 Å². The van der Waals surface area contributed by atoms with Crippen LogP contribution in [0.5, 0.6) is 0 Å². The molecule has 0 bridgehead atoms. The van der Waals surface area contributed by atoms with Crippen LogP contribution in [0.3, 0.4) is 0 Å². The summed E-state index contributed by atoms with van der Waals surface area (Å²) in [5, 5.41) is 9.99. The number of nitrogens with zero attached hydrogens (tertiary/aromatic N) is 1. The number of aromatic amines is 1. The number of halogens is 3. The molecule has 2 aromatic heterocycles. The van der Waals surface area contributed by atoms with Crippen molar-refractivity contribution in [3.63, 3.8) is 0 Å². The molecule has 1 amide bonds. The molecule has 0 spiro atoms. The Morgan fingerprint density at radius 2 is 1.87 bits per heavy atom. The third kappa shape index (κ3) is 4.77. The van der Waals surface area contributed by atoms with Gasteiger partial charge >= 0.3 is 12.1 Å². The summed E-state index contributed by atoms with van der Waals surface area (Å²) in [6, 6.07) is 13.5. The van der Waals surface area contributed by atoms with Crippen LogP contribution in [-0.4, -0.2) is 39.7 Å². The van der Waals surface area contributed by atoms with E-state index < -0.39 is 12.1 Å². The van der Waals surface area contributed by atoms with E-state index in [-0.39, 0.29) is 5.91 Å². The topological polar surface area (TPSA) is 121 Å². The first-order valence-corrected chi connectivity index (χ1v) is 8.77. The van der Waals surface area contributed by atoms with E-state index in [1.165, 1.54) is 0 Å². The maximum Gasteiger partial charge on any atom is 0.490 e. The molecule has 0 saturated heterocycles. The second kappa shape index (κ2) is 8.27. The molecule has 0 fully saturated rings. The number of amides is 1. The lowest BCUT2D eigenvalue weighted by Crippen LogP contribution is -2.31. The smallest absolute Gasteiger partial charge is 0.475 e. The summed E-state index contributed by atoms with van der Waals surface area (Å²) in [4.78, 5) is 28.6. The Balaban J connectivity index is 0.000000318. The summed E-state index contributed by atoms with van der Waals surface area (Å²) in [6.45, 7) is 0.677. The maximum atomic E-state index is 11.9. The number of rotatable bonds is 2. The molecule has 3 heterocycles. The number of hydrogen-bond acceptors (Lipinski definition) is 4. The van der Waals surface area contributed by atoms with Crippen LogP contribution in [0.2, 0.25) is 0 Å². The highest BCUT2D eigenvalue weighted by Crippen LogP contribution is 2.27. The minimum Gasteiger partial charge on any atom is -0.475 e. The first-order chi connectivity index (χ1) is 14.1. The molecule has 0 aliphatic carbocycles. The standard InChI is InChI=1S/C18H16N4O.C2HF3O2/c19-13-3-1-2-11(8-13)16-9-12(4-6-20-16)17-10-14-15(22-17)5-7-21-18(14)23;3-2(4,5)1(6)7/h1-4,6,8-10,22H,5,7,19H2,(H,21,23);(H,6,7). The van der Waals surface area contributed by atoms with Crippen molar-refractivity contribution >= 4 is 17.6 Å². The predicted octanol–water partition coefficient (Wildman–Crippen LogP) is 3.25. The number of H-pyrrole nitrogens is 1. The molecule has 4 rings (SSSR count). The number of nitrogens with two attached hydrogens (primary N) is 1. The van der Waals surface area contributed by atoms with E-state index in [1.54, 1.807) is 6.20 Å². The number of pyridine rings is 1. The molecule has 30 heavy (non-hydrogen) atoms. The van der Waals surface area contributed by atoms with Crippen LogP contribution >= 0.6 is 0 Å². The van der Waals surface area contributed by atoms with Crippen LogP contribution < -0.4 is 11.1 Å². The van der Waals surface area contributed by atoms with Gasteiger partial charge in [0.25, 0.3) is 5.91 Å². The Hall–Kier alpha value is -3.82. The number of carbonyl (C=O) groups is 2. The Kier molecular flexibility index (Phi) is 5.77.